The van der Waals surface area contributed by atoms with Crippen molar-refractivity contribution in [2.75, 3.05) is 39.8 Å². The van der Waals surface area contributed by atoms with E-state index in [-0.39, 0.29) is 0 Å². The van der Waals surface area contributed by atoms with E-state index in [4.69, 9.17) is 0 Å². The van der Waals surface area contributed by atoms with Gasteiger partial charge in [0.05, 0.1) is 0 Å². The van der Waals surface area contributed by atoms with Gasteiger partial charge in [0.1, 0.15) is 0 Å². The average Bonchev–Trinajstić information content (AvgIpc) is 2.48. The van der Waals surface area contributed by atoms with Gasteiger partial charge in [0, 0.05) is 31.7 Å². The summed E-state index contributed by atoms with van der Waals surface area (Å²) in [7, 11) is 2.26. The second-order valence-corrected chi connectivity index (χ2v) is 7.35. The van der Waals surface area contributed by atoms with Crippen molar-refractivity contribution in [3.63, 3.8) is 0 Å². The van der Waals surface area contributed by atoms with Crippen LogP contribution in [0.15, 0.2) is 0 Å². The van der Waals surface area contributed by atoms with Gasteiger partial charge in [0.25, 0.3) is 0 Å². The molecule has 1 unspecified atom stereocenters. The average molecular weight is 269 g/mol. The molecule has 3 heteroatoms. The molecule has 1 heterocycles. The number of nitrogens with one attached hydrogen (secondary N) is 1. The number of rotatable bonds is 6. The zero-order valence-corrected chi connectivity index (χ0v) is 14.0. The van der Waals surface area contributed by atoms with Gasteiger partial charge in [0.2, 0.25) is 0 Å². The molecule has 0 aliphatic carbocycles. The van der Waals surface area contributed by atoms with Crippen LogP contribution in [0.1, 0.15) is 47.5 Å². The Labute approximate surface area is 120 Å². The van der Waals surface area contributed by atoms with Crippen LogP contribution in [-0.2, 0) is 0 Å². The predicted molar refractivity (Wildman–Crippen MR) is 84.7 cm³/mol. The highest BCUT2D eigenvalue weighted by atomic mass is 15.2. The molecule has 0 spiro atoms. The Hall–Kier alpha value is -0.120. The first-order valence-electron chi connectivity index (χ1n) is 8.00. The van der Waals surface area contributed by atoms with Crippen molar-refractivity contribution in [3.05, 3.63) is 0 Å². The first-order valence-corrected chi connectivity index (χ1v) is 8.00. The largest absolute Gasteiger partial charge is 0.314 e. The maximum absolute atomic E-state index is 3.60. The van der Waals surface area contributed by atoms with Gasteiger partial charge in [0.15, 0.2) is 0 Å². The lowest BCUT2D eigenvalue weighted by molar-refractivity contribution is 0.121. The van der Waals surface area contributed by atoms with E-state index in [9.17, 15) is 0 Å². The lowest BCUT2D eigenvalue weighted by atomic mass is 9.91. The van der Waals surface area contributed by atoms with Crippen molar-refractivity contribution in [2.45, 2.75) is 59.5 Å². The molecule has 3 nitrogen and oxygen atoms in total. The molecule has 1 rings (SSSR count). The topological polar surface area (TPSA) is 18.5 Å². The molecule has 1 aliphatic heterocycles. The minimum absolute atomic E-state index is 0.348. The molecule has 1 fully saturated rings. The van der Waals surface area contributed by atoms with Gasteiger partial charge in [-0.15, -0.1) is 0 Å². The molecule has 0 radical (unpaired) electrons. The molecular formula is C16H35N3. The van der Waals surface area contributed by atoms with Gasteiger partial charge < -0.3 is 10.2 Å². The summed E-state index contributed by atoms with van der Waals surface area (Å²) in [6, 6.07) is 1.31. The third kappa shape index (κ3) is 6.24. The maximum Gasteiger partial charge on any atom is 0.0220 e. The van der Waals surface area contributed by atoms with E-state index in [0.29, 0.717) is 11.5 Å². The van der Waals surface area contributed by atoms with Crippen molar-refractivity contribution in [2.24, 2.45) is 5.41 Å². The molecule has 0 bridgehead atoms. The minimum Gasteiger partial charge on any atom is -0.314 e. The van der Waals surface area contributed by atoms with E-state index in [1.54, 1.807) is 0 Å². The van der Waals surface area contributed by atoms with Gasteiger partial charge in [-0.2, -0.15) is 0 Å². The lowest BCUT2D eigenvalue weighted by Crippen LogP contribution is -2.47. The predicted octanol–water partition coefficient (Wildman–Crippen LogP) is 2.43. The Morgan fingerprint density at radius 3 is 2.53 bits per heavy atom. The van der Waals surface area contributed by atoms with Gasteiger partial charge in [-0.05, 0) is 38.4 Å². The Balaban J connectivity index is 2.56. The summed E-state index contributed by atoms with van der Waals surface area (Å²) in [5, 5.41) is 3.60. The summed E-state index contributed by atoms with van der Waals surface area (Å²) < 4.78 is 0. The van der Waals surface area contributed by atoms with Crippen molar-refractivity contribution in [1.82, 2.24) is 15.1 Å². The summed E-state index contributed by atoms with van der Waals surface area (Å²) in [4.78, 5) is 5.22. The standard InChI is InChI=1S/C16H35N3/c1-7-15-11-18(6)9-8-10-19(15)13-16(4,5)12-17-14(2)3/h14-15,17H,7-13H2,1-6H3. The van der Waals surface area contributed by atoms with E-state index in [1.807, 2.05) is 0 Å². The van der Waals surface area contributed by atoms with Crippen LogP contribution in [0.2, 0.25) is 0 Å². The molecular weight excluding hydrogens is 234 g/mol. The Morgan fingerprint density at radius 2 is 1.95 bits per heavy atom. The Kier molecular flexibility index (Phi) is 6.78. The van der Waals surface area contributed by atoms with Crippen molar-refractivity contribution < 1.29 is 0 Å². The lowest BCUT2D eigenvalue weighted by Gasteiger charge is -2.37. The molecule has 19 heavy (non-hydrogen) atoms. The second-order valence-electron chi connectivity index (χ2n) is 7.35. The van der Waals surface area contributed by atoms with Gasteiger partial charge >= 0.3 is 0 Å². The summed E-state index contributed by atoms with van der Waals surface area (Å²) in [6.07, 6.45) is 2.57. The van der Waals surface area contributed by atoms with Crippen LogP contribution in [0.5, 0.6) is 0 Å². The highest BCUT2D eigenvalue weighted by Gasteiger charge is 2.28. The fourth-order valence-corrected chi connectivity index (χ4v) is 2.97. The van der Waals surface area contributed by atoms with Crippen molar-refractivity contribution in [1.29, 1.82) is 0 Å². The van der Waals surface area contributed by atoms with Crippen LogP contribution in [-0.4, -0.2) is 61.7 Å². The smallest absolute Gasteiger partial charge is 0.0220 e. The van der Waals surface area contributed by atoms with Crippen molar-refractivity contribution >= 4 is 0 Å². The fraction of sp³-hybridized carbons (Fsp3) is 1.00. The molecule has 1 aliphatic rings. The van der Waals surface area contributed by atoms with E-state index in [0.717, 1.165) is 12.6 Å². The zero-order chi connectivity index (χ0) is 14.5. The molecule has 114 valence electrons. The van der Waals surface area contributed by atoms with Crippen molar-refractivity contribution in [3.8, 4) is 0 Å². The minimum atomic E-state index is 0.348. The van der Waals surface area contributed by atoms with Crippen LogP contribution in [0.3, 0.4) is 0 Å². The molecule has 1 atom stereocenters. The van der Waals surface area contributed by atoms with Crippen LogP contribution in [0.4, 0.5) is 0 Å². The Bertz CT molecular complexity index is 250. The summed E-state index contributed by atoms with van der Waals surface area (Å²) in [6.45, 7) is 17.6. The van der Waals surface area contributed by atoms with Gasteiger partial charge in [-0.3, -0.25) is 4.90 Å². The first kappa shape index (κ1) is 16.9. The second kappa shape index (κ2) is 7.61. The summed E-state index contributed by atoms with van der Waals surface area (Å²) in [5.41, 5.74) is 0.348. The third-order valence-electron chi connectivity index (χ3n) is 4.12. The molecule has 0 saturated carbocycles. The monoisotopic (exact) mass is 269 g/mol. The normalized spacial score (nSPS) is 23.8. The molecule has 0 aromatic heterocycles. The Morgan fingerprint density at radius 1 is 1.26 bits per heavy atom. The molecule has 0 amide bonds. The van der Waals surface area contributed by atoms with Gasteiger partial charge in [-0.1, -0.05) is 34.6 Å². The highest BCUT2D eigenvalue weighted by Crippen LogP contribution is 2.21. The zero-order valence-electron chi connectivity index (χ0n) is 14.0. The number of hydrogen-bond acceptors (Lipinski definition) is 3. The molecule has 1 saturated heterocycles. The maximum atomic E-state index is 3.60. The molecule has 0 aromatic rings. The SMILES string of the molecule is CCC1CN(C)CCCN1CC(C)(C)CNC(C)C. The first-order chi connectivity index (χ1) is 8.84. The molecule has 1 N–H and O–H groups in total. The van der Waals surface area contributed by atoms with Crippen LogP contribution < -0.4 is 5.32 Å². The third-order valence-corrected chi connectivity index (χ3v) is 4.12. The summed E-state index contributed by atoms with van der Waals surface area (Å²) >= 11 is 0. The molecule has 0 aromatic carbocycles. The van der Waals surface area contributed by atoms with Gasteiger partial charge in [-0.25, -0.2) is 0 Å². The van der Waals surface area contributed by atoms with E-state index >= 15 is 0 Å². The van der Waals surface area contributed by atoms with E-state index < -0.39 is 0 Å². The van der Waals surface area contributed by atoms with Crippen LogP contribution >= 0.6 is 0 Å². The number of hydrogen-bond donors (Lipinski definition) is 1. The van der Waals surface area contributed by atoms with Crippen LogP contribution in [0, 0.1) is 5.41 Å². The fourth-order valence-electron chi connectivity index (χ4n) is 2.97. The quantitative estimate of drug-likeness (QED) is 0.799. The summed E-state index contributed by atoms with van der Waals surface area (Å²) in [5.74, 6) is 0. The van der Waals surface area contributed by atoms with E-state index in [1.165, 1.54) is 39.0 Å². The highest BCUT2D eigenvalue weighted by molar-refractivity contribution is 4.84. The van der Waals surface area contributed by atoms with E-state index in [2.05, 4.69) is 56.8 Å². The number of likely N-dealkylation sites (N-methyl/N-ethyl adjacent to an activating group) is 1. The number of nitrogens with zero attached hydrogens (tertiary/aromatic N) is 2. The van der Waals surface area contributed by atoms with Crippen LogP contribution in [0.25, 0.3) is 0 Å².